The molecule has 0 atom stereocenters. The molecule has 3 aromatic rings. The van der Waals surface area contributed by atoms with Crippen LogP contribution >= 0.6 is 0 Å². The van der Waals surface area contributed by atoms with Crippen LogP contribution in [0.2, 0.25) is 0 Å². The molecule has 0 fully saturated rings. The van der Waals surface area contributed by atoms with Crippen molar-refractivity contribution in [3.05, 3.63) is 70.5 Å². The van der Waals surface area contributed by atoms with Gasteiger partial charge in [0.25, 0.3) is 0 Å². The minimum atomic E-state index is -0.409. The Kier molecular flexibility index (Phi) is 4.67. The number of rotatable bonds is 5. The Hall–Kier alpha value is -2.92. The number of nitrogens with zero attached hydrogens (tertiary/aromatic N) is 1. The molecule has 2 heterocycles. The summed E-state index contributed by atoms with van der Waals surface area (Å²) in [4.78, 5) is 16.6. The molecule has 5 heteroatoms. The van der Waals surface area contributed by atoms with Crippen LogP contribution in [0.3, 0.4) is 0 Å². The molecule has 0 saturated heterocycles. The summed E-state index contributed by atoms with van der Waals surface area (Å²) in [6.07, 6.45) is 7.46. The third-order valence-corrected chi connectivity index (χ3v) is 3.99. The molecule has 0 aliphatic heterocycles. The lowest BCUT2D eigenvalue weighted by Crippen LogP contribution is -2.04. The number of benzene rings is 1. The van der Waals surface area contributed by atoms with Gasteiger partial charge in [-0.25, -0.2) is 9.78 Å². The highest BCUT2D eigenvalue weighted by molar-refractivity contribution is 6.01. The number of fused-ring (bicyclic) bond motifs is 2. The average molecular weight is 336 g/mol. The molecule has 0 aliphatic carbocycles. The normalized spacial score (nSPS) is 12.5. The van der Waals surface area contributed by atoms with Gasteiger partial charge in [-0.1, -0.05) is 30.9 Å². The van der Waals surface area contributed by atoms with Crippen LogP contribution in [0.4, 0.5) is 0 Å². The van der Waals surface area contributed by atoms with Gasteiger partial charge in [0.1, 0.15) is 11.1 Å². The smallest absolute Gasteiger partial charge is 0.336 e. The quantitative estimate of drug-likeness (QED) is 0.561. The summed E-state index contributed by atoms with van der Waals surface area (Å²) in [6.45, 7) is 8.19. The van der Waals surface area contributed by atoms with E-state index in [0.717, 1.165) is 27.6 Å². The van der Waals surface area contributed by atoms with Crippen molar-refractivity contribution in [1.82, 2.24) is 10.3 Å². The van der Waals surface area contributed by atoms with E-state index in [1.54, 1.807) is 6.08 Å². The van der Waals surface area contributed by atoms with E-state index < -0.39 is 5.63 Å². The summed E-state index contributed by atoms with van der Waals surface area (Å²) in [5.41, 5.74) is 3.84. The fourth-order valence-corrected chi connectivity index (χ4v) is 2.84. The first-order valence-electron chi connectivity index (χ1n) is 8.06. The standard InChI is InChI=1S/C20H20N2O3/c1-5-7-8-13(6-2)14-10-18(23)25-19-12(3)20-16(9-15(14)19)22-17(24-20)11-21-4/h5-10,21H,2,11H2,1,3-4H3/b7-5-,13-8+. The summed E-state index contributed by atoms with van der Waals surface area (Å²) < 4.78 is 11.3. The average Bonchev–Trinajstić information content (AvgIpc) is 3.00. The number of nitrogens with one attached hydrogen (secondary N) is 1. The van der Waals surface area contributed by atoms with E-state index in [2.05, 4.69) is 16.9 Å². The van der Waals surface area contributed by atoms with Gasteiger partial charge >= 0.3 is 5.63 Å². The van der Waals surface area contributed by atoms with Gasteiger partial charge in [-0.15, -0.1) is 0 Å². The van der Waals surface area contributed by atoms with E-state index in [4.69, 9.17) is 8.83 Å². The van der Waals surface area contributed by atoms with E-state index in [0.29, 0.717) is 23.6 Å². The lowest BCUT2D eigenvalue weighted by Gasteiger charge is -2.08. The van der Waals surface area contributed by atoms with Gasteiger partial charge in [-0.3, -0.25) is 0 Å². The second-order valence-electron chi connectivity index (χ2n) is 5.70. The molecular weight excluding hydrogens is 316 g/mol. The van der Waals surface area contributed by atoms with Crippen LogP contribution in [-0.2, 0) is 6.54 Å². The molecule has 5 nitrogen and oxygen atoms in total. The first kappa shape index (κ1) is 16.9. The summed E-state index contributed by atoms with van der Waals surface area (Å²) in [5.74, 6) is 0.591. The molecule has 2 aromatic heterocycles. The van der Waals surface area contributed by atoms with E-state index in [9.17, 15) is 4.79 Å². The molecule has 3 rings (SSSR count). The van der Waals surface area contributed by atoms with Crippen LogP contribution in [0.1, 0.15) is 23.9 Å². The number of hydrogen-bond donors (Lipinski definition) is 1. The minimum Gasteiger partial charge on any atom is -0.439 e. The van der Waals surface area contributed by atoms with Crippen molar-refractivity contribution < 1.29 is 8.83 Å². The first-order chi connectivity index (χ1) is 12.1. The third-order valence-electron chi connectivity index (χ3n) is 3.99. The van der Waals surface area contributed by atoms with Gasteiger partial charge in [0.2, 0.25) is 5.89 Å². The Bertz CT molecular complexity index is 1070. The lowest BCUT2D eigenvalue weighted by molar-refractivity contribution is 0.508. The molecule has 0 saturated carbocycles. The van der Waals surface area contributed by atoms with E-state index >= 15 is 0 Å². The Morgan fingerprint density at radius 2 is 2.12 bits per heavy atom. The van der Waals surface area contributed by atoms with Crippen LogP contribution in [0, 0.1) is 6.92 Å². The maximum Gasteiger partial charge on any atom is 0.336 e. The van der Waals surface area contributed by atoms with Crippen LogP contribution in [0.25, 0.3) is 27.6 Å². The van der Waals surface area contributed by atoms with Gasteiger partial charge in [0.15, 0.2) is 5.58 Å². The predicted octanol–water partition coefficient (Wildman–Crippen LogP) is 4.11. The zero-order valence-corrected chi connectivity index (χ0v) is 14.6. The van der Waals surface area contributed by atoms with Crippen molar-refractivity contribution in [3.8, 4) is 0 Å². The highest BCUT2D eigenvalue weighted by Gasteiger charge is 2.16. The van der Waals surface area contributed by atoms with Crippen molar-refractivity contribution in [2.24, 2.45) is 0 Å². The number of hydrogen-bond acceptors (Lipinski definition) is 5. The summed E-state index contributed by atoms with van der Waals surface area (Å²) in [6, 6.07) is 3.38. The van der Waals surface area contributed by atoms with Crippen molar-refractivity contribution in [2.75, 3.05) is 7.05 Å². The maximum atomic E-state index is 12.1. The summed E-state index contributed by atoms with van der Waals surface area (Å²) >= 11 is 0. The highest BCUT2D eigenvalue weighted by Crippen LogP contribution is 2.32. The molecule has 128 valence electrons. The van der Waals surface area contributed by atoms with Gasteiger partial charge in [0.05, 0.1) is 6.54 Å². The van der Waals surface area contributed by atoms with Crippen LogP contribution < -0.4 is 10.9 Å². The molecule has 0 amide bonds. The van der Waals surface area contributed by atoms with E-state index in [-0.39, 0.29) is 0 Å². The number of aryl methyl sites for hydroxylation is 1. The third kappa shape index (κ3) is 3.06. The van der Waals surface area contributed by atoms with Crippen molar-refractivity contribution >= 4 is 27.6 Å². The van der Waals surface area contributed by atoms with E-state index in [1.165, 1.54) is 6.07 Å². The molecule has 0 unspecified atom stereocenters. The largest absolute Gasteiger partial charge is 0.439 e. The van der Waals surface area contributed by atoms with Crippen LogP contribution in [0.5, 0.6) is 0 Å². The molecule has 0 aliphatic rings. The van der Waals surface area contributed by atoms with Crippen molar-refractivity contribution in [2.45, 2.75) is 20.4 Å². The van der Waals surface area contributed by atoms with Gasteiger partial charge < -0.3 is 14.2 Å². The molecule has 0 radical (unpaired) electrons. The SMILES string of the molecule is C=C/C(=C\C=C/C)c1cc(=O)oc2c(C)c3oc(CNC)nc3cc12. The zero-order valence-electron chi connectivity index (χ0n) is 14.6. The maximum absolute atomic E-state index is 12.1. The summed E-state index contributed by atoms with van der Waals surface area (Å²) in [5, 5.41) is 3.83. The number of oxazole rings is 1. The fraction of sp³-hybridized carbons (Fsp3) is 0.200. The van der Waals surface area contributed by atoms with Gasteiger partial charge in [0, 0.05) is 17.0 Å². The molecule has 0 bridgehead atoms. The molecule has 1 aromatic carbocycles. The van der Waals surface area contributed by atoms with Crippen molar-refractivity contribution in [3.63, 3.8) is 0 Å². The van der Waals surface area contributed by atoms with Crippen LogP contribution in [-0.4, -0.2) is 12.0 Å². The fourth-order valence-electron chi connectivity index (χ4n) is 2.84. The molecular formula is C20H20N2O3. The number of aromatic nitrogens is 1. The Morgan fingerprint density at radius 3 is 2.80 bits per heavy atom. The van der Waals surface area contributed by atoms with Gasteiger partial charge in [-0.05, 0) is 38.1 Å². The van der Waals surface area contributed by atoms with Crippen molar-refractivity contribution in [1.29, 1.82) is 0 Å². The molecule has 25 heavy (non-hydrogen) atoms. The molecule has 0 spiro atoms. The second kappa shape index (κ2) is 6.91. The Morgan fingerprint density at radius 1 is 1.32 bits per heavy atom. The first-order valence-corrected chi connectivity index (χ1v) is 8.06. The van der Waals surface area contributed by atoms with Gasteiger partial charge in [-0.2, -0.15) is 0 Å². The highest BCUT2D eigenvalue weighted by atomic mass is 16.4. The van der Waals surface area contributed by atoms with Crippen LogP contribution in [0.15, 0.2) is 56.6 Å². The number of allylic oxidation sites excluding steroid dienone is 5. The Labute approximate surface area is 145 Å². The summed E-state index contributed by atoms with van der Waals surface area (Å²) in [7, 11) is 1.83. The van der Waals surface area contributed by atoms with E-state index in [1.807, 2.05) is 45.2 Å². The minimum absolute atomic E-state index is 0.409. The predicted molar refractivity (Wildman–Crippen MR) is 101 cm³/mol. The monoisotopic (exact) mass is 336 g/mol. The Balaban J connectivity index is 2.38. The lowest BCUT2D eigenvalue weighted by atomic mass is 9.99. The zero-order chi connectivity index (χ0) is 18.0. The second-order valence-corrected chi connectivity index (χ2v) is 5.70. The molecule has 1 N–H and O–H groups in total. The topological polar surface area (TPSA) is 68.3 Å².